The average Bonchev–Trinajstić information content (AvgIpc) is 2.46. The van der Waals surface area contributed by atoms with Gasteiger partial charge in [-0.1, -0.05) is 0 Å². The molecule has 18 heavy (non-hydrogen) atoms. The number of piperidine rings is 1. The number of hydrogen-bond donors (Lipinski definition) is 2. The Kier molecular flexibility index (Phi) is 4.59. The number of carbonyl (C=O) groups excluding carboxylic acids is 1. The fourth-order valence-corrected chi connectivity index (χ4v) is 2.18. The molecule has 0 bridgehead atoms. The zero-order valence-electron chi connectivity index (χ0n) is 10.7. The molecule has 1 saturated heterocycles. The van der Waals surface area contributed by atoms with Crippen molar-refractivity contribution in [1.29, 1.82) is 0 Å². The molecule has 1 fully saturated rings. The topological polar surface area (TPSA) is 50.4 Å². The van der Waals surface area contributed by atoms with Gasteiger partial charge in [-0.3, -0.25) is 4.79 Å². The second-order valence-electron chi connectivity index (χ2n) is 4.65. The summed E-state index contributed by atoms with van der Waals surface area (Å²) in [4.78, 5) is 11.9. The Morgan fingerprint density at radius 3 is 2.83 bits per heavy atom. The summed E-state index contributed by atoms with van der Waals surface area (Å²) >= 11 is 0. The molecule has 4 heteroatoms. The van der Waals surface area contributed by atoms with Gasteiger partial charge in [0.2, 0.25) is 0 Å². The van der Waals surface area contributed by atoms with Crippen molar-refractivity contribution in [2.75, 3.05) is 26.7 Å². The summed E-state index contributed by atoms with van der Waals surface area (Å²) in [7, 11) is 1.62. The van der Waals surface area contributed by atoms with E-state index in [1.807, 2.05) is 0 Å². The van der Waals surface area contributed by atoms with Gasteiger partial charge in [-0.15, -0.1) is 0 Å². The van der Waals surface area contributed by atoms with E-state index in [1.54, 1.807) is 31.4 Å². The summed E-state index contributed by atoms with van der Waals surface area (Å²) in [6, 6.07) is 7.18. The highest BCUT2D eigenvalue weighted by Gasteiger charge is 2.14. The van der Waals surface area contributed by atoms with Crippen LogP contribution in [-0.4, -0.2) is 32.7 Å². The van der Waals surface area contributed by atoms with E-state index in [2.05, 4.69) is 10.6 Å². The number of nitrogens with one attached hydrogen (secondary N) is 2. The first-order valence-corrected chi connectivity index (χ1v) is 6.42. The number of hydrogen-bond acceptors (Lipinski definition) is 3. The Balaban J connectivity index is 1.82. The Hall–Kier alpha value is -1.55. The van der Waals surface area contributed by atoms with Crippen LogP contribution in [0, 0.1) is 5.92 Å². The molecular formula is C14H20N2O2. The molecule has 1 amide bonds. The Morgan fingerprint density at radius 1 is 1.44 bits per heavy atom. The van der Waals surface area contributed by atoms with Crippen molar-refractivity contribution in [1.82, 2.24) is 10.6 Å². The molecule has 4 nitrogen and oxygen atoms in total. The molecule has 1 aromatic rings. The molecule has 98 valence electrons. The van der Waals surface area contributed by atoms with E-state index in [0.29, 0.717) is 11.5 Å². The summed E-state index contributed by atoms with van der Waals surface area (Å²) in [6.07, 6.45) is 2.39. The normalized spacial score (nSPS) is 19.3. The van der Waals surface area contributed by atoms with E-state index in [4.69, 9.17) is 4.74 Å². The van der Waals surface area contributed by atoms with Crippen LogP contribution in [0.25, 0.3) is 0 Å². The maximum atomic E-state index is 11.9. The van der Waals surface area contributed by atoms with E-state index in [9.17, 15) is 4.79 Å². The van der Waals surface area contributed by atoms with Crippen molar-refractivity contribution in [3.8, 4) is 5.75 Å². The minimum absolute atomic E-state index is 0.0109. The summed E-state index contributed by atoms with van der Waals surface area (Å²) in [5.74, 6) is 1.31. The van der Waals surface area contributed by atoms with E-state index in [1.165, 1.54) is 12.8 Å². The van der Waals surface area contributed by atoms with Crippen molar-refractivity contribution < 1.29 is 9.53 Å². The van der Waals surface area contributed by atoms with Crippen molar-refractivity contribution in [3.63, 3.8) is 0 Å². The van der Waals surface area contributed by atoms with E-state index in [0.717, 1.165) is 25.4 Å². The molecule has 2 rings (SSSR count). The van der Waals surface area contributed by atoms with Crippen molar-refractivity contribution in [2.45, 2.75) is 12.8 Å². The molecule has 1 aromatic carbocycles. The number of rotatable bonds is 4. The maximum absolute atomic E-state index is 11.9. The number of amides is 1. The van der Waals surface area contributed by atoms with Crippen LogP contribution < -0.4 is 15.4 Å². The highest BCUT2D eigenvalue weighted by Crippen LogP contribution is 2.12. The molecule has 1 aliphatic heterocycles. The first-order valence-electron chi connectivity index (χ1n) is 6.42. The minimum atomic E-state index is -0.0109. The van der Waals surface area contributed by atoms with E-state index in [-0.39, 0.29) is 5.91 Å². The van der Waals surface area contributed by atoms with Crippen LogP contribution in [0.1, 0.15) is 23.2 Å². The van der Waals surface area contributed by atoms with Crippen molar-refractivity contribution in [3.05, 3.63) is 29.8 Å². The Morgan fingerprint density at radius 2 is 2.22 bits per heavy atom. The van der Waals surface area contributed by atoms with Crippen LogP contribution in [0.4, 0.5) is 0 Å². The quantitative estimate of drug-likeness (QED) is 0.847. The predicted octanol–water partition coefficient (Wildman–Crippen LogP) is 1.42. The number of ether oxygens (including phenoxy) is 1. The number of methoxy groups -OCH3 is 1. The third-order valence-corrected chi connectivity index (χ3v) is 3.30. The van der Waals surface area contributed by atoms with Crippen LogP contribution in [0.15, 0.2) is 24.3 Å². The predicted molar refractivity (Wildman–Crippen MR) is 70.9 cm³/mol. The Labute approximate surface area is 108 Å². The van der Waals surface area contributed by atoms with Crippen molar-refractivity contribution in [2.24, 2.45) is 5.92 Å². The Bertz CT molecular complexity index is 383. The van der Waals surface area contributed by atoms with Gasteiger partial charge in [0.15, 0.2) is 0 Å². The molecule has 1 atom stereocenters. The zero-order chi connectivity index (χ0) is 12.8. The van der Waals surface area contributed by atoms with Crippen LogP contribution >= 0.6 is 0 Å². The van der Waals surface area contributed by atoms with Gasteiger partial charge < -0.3 is 15.4 Å². The third-order valence-electron chi connectivity index (χ3n) is 3.30. The lowest BCUT2D eigenvalue weighted by Crippen LogP contribution is -2.38. The summed E-state index contributed by atoms with van der Waals surface area (Å²) < 4.78 is 5.06. The molecule has 0 radical (unpaired) electrons. The standard InChI is InChI=1S/C14H20N2O2/c1-18-13-6-4-12(5-7-13)14(17)16-10-11-3-2-8-15-9-11/h4-7,11,15H,2-3,8-10H2,1H3,(H,16,17)/t11-/m1/s1. The number of benzene rings is 1. The van der Waals surface area contributed by atoms with Crippen LogP contribution in [0.3, 0.4) is 0 Å². The van der Waals surface area contributed by atoms with Gasteiger partial charge in [-0.05, 0) is 56.1 Å². The highest BCUT2D eigenvalue weighted by atomic mass is 16.5. The van der Waals surface area contributed by atoms with Crippen molar-refractivity contribution >= 4 is 5.91 Å². The molecule has 0 saturated carbocycles. The molecule has 0 aliphatic carbocycles. The van der Waals surface area contributed by atoms with Gasteiger partial charge in [-0.25, -0.2) is 0 Å². The van der Waals surface area contributed by atoms with Gasteiger partial charge in [0.25, 0.3) is 5.91 Å². The molecule has 0 spiro atoms. The lowest BCUT2D eigenvalue weighted by atomic mass is 10.00. The first kappa shape index (κ1) is 12.9. The molecule has 2 N–H and O–H groups in total. The van der Waals surface area contributed by atoms with E-state index < -0.39 is 0 Å². The fraction of sp³-hybridized carbons (Fsp3) is 0.500. The molecule has 1 heterocycles. The van der Waals surface area contributed by atoms with Gasteiger partial charge in [0.1, 0.15) is 5.75 Å². The largest absolute Gasteiger partial charge is 0.497 e. The molecule has 0 aromatic heterocycles. The third kappa shape index (κ3) is 3.47. The molecular weight excluding hydrogens is 228 g/mol. The molecule has 0 unspecified atom stereocenters. The minimum Gasteiger partial charge on any atom is -0.497 e. The zero-order valence-corrected chi connectivity index (χ0v) is 10.7. The number of carbonyl (C=O) groups is 1. The highest BCUT2D eigenvalue weighted by molar-refractivity contribution is 5.94. The van der Waals surface area contributed by atoms with E-state index >= 15 is 0 Å². The van der Waals surface area contributed by atoms with Crippen LogP contribution in [0.5, 0.6) is 5.75 Å². The fourth-order valence-electron chi connectivity index (χ4n) is 2.18. The van der Waals surface area contributed by atoms with Crippen LogP contribution in [-0.2, 0) is 0 Å². The maximum Gasteiger partial charge on any atom is 0.251 e. The summed E-state index contributed by atoms with van der Waals surface area (Å²) in [5, 5.41) is 6.33. The van der Waals surface area contributed by atoms with Gasteiger partial charge in [0, 0.05) is 12.1 Å². The van der Waals surface area contributed by atoms with Gasteiger partial charge in [0.05, 0.1) is 7.11 Å². The monoisotopic (exact) mass is 248 g/mol. The summed E-state index contributed by atoms with van der Waals surface area (Å²) in [6.45, 7) is 2.85. The second kappa shape index (κ2) is 6.40. The van der Waals surface area contributed by atoms with Gasteiger partial charge in [-0.2, -0.15) is 0 Å². The van der Waals surface area contributed by atoms with Gasteiger partial charge >= 0.3 is 0 Å². The first-order chi connectivity index (χ1) is 8.79. The van der Waals surface area contributed by atoms with Crippen LogP contribution in [0.2, 0.25) is 0 Å². The lowest BCUT2D eigenvalue weighted by Gasteiger charge is -2.22. The molecule has 1 aliphatic rings. The second-order valence-corrected chi connectivity index (χ2v) is 4.65. The summed E-state index contributed by atoms with van der Waals surface area (Å²) in [5.41, 5.74) is 0.680. The SMILES string of the molecule is COc1ccc(C(=O)NC[C@@H]2CCCNC2)cc1. The smallest absolute Gasteiger partial charge is 0.251 e. The lowest BCUT2D eigenvalue weighted by molar-refractivity contribution is 0.0945. The average molecular weight is 248 g/mol.